The number of carboxylic acids is 1. The molecule has 0 amide bonds. The Morgan fingerprint density at radius 2 is 1.82 bits per heavy atom. The van der Waals surface area contributed by atoms with Gasteiger partial charge in [0.05, 0.1) is 17.1 Å². The lowest BCUT2D eigenvalue weighted by molar-refractivity contribution is -0.137. The molecule has 8 heteroatoms. The van der Waals surface area contributed by atoms with Crippen LogP contribution in [-0.2, 0) is 36.9 Å². The van der Waals surface area contributed by atoms with E-state index in [-0.39, 0.29) is 28.9 Å². The van der Waals surface area contributed by atoms with Gasteiger partial charge in [-0.25, -0.2) is 0 Å². The third-order valence-electron chi connectivity index (χ3n) is 10.4. The summed E-state index contributed by atoms with van der Waals surface area (Å²) in [7, 11) is -4.33. The van der Waals surface area contributed by atoms with Crippen LogP contribution in [-0.4, -0.2) is 42.8 Å². The predicted octanol–water partition coefficient (Wildman–Crippen LogP) is 7.27. The molecule has 44 heavy (non-hydrogen) atoms. The van der Waals surface area contributed by atoms with Crippen molar-refractivity contribution in [3.05, 3.63) is 94.2 Å². The van der Waals surface area contributed by atoms with Gasteiger partial charge in [-0.15, -0.1) is 0 Å². The van der Waals surface area contributed by atoms with Crippen molar-refractivity contribution in [1.29, 1.82) is 0 Å². The molecule has 0 radical (unpaired) electrons. The summed E-state index contributed by atoms with van der Waals surface area (Å²) in [5.74, 6) is -0.752. The lowest BCUT2D eigenvalue weighted by Crippen LogP contribution is -2.43. The van der Waals surface area contributed by atoms with Gasteiger partial charge in [0.25, 0.3) is 10.1 Å². The minimum atomic E-state index is -4.33. The second-order valence-corrected chi connectivity index (χ2v) is 15.0. The number of aryl methyl sites for hydroxylation is 1. The van der Waals surface area contributed by atoms with E-state index in [1.807, 2.05) is 6.07 Å². The largest absolute Gasteiger partial charge is 0.481 e. The summed E-state index contributed by atoms with van der Waals surface area (Å²) >= 11 is 0. The molecule has 3 heterocycles. The number of carboxylic acid groups (broad SMARTS) is 1. The van der Waals surface area contributed by atoms with Crippen LogP contribution in [0.3, 0.4) is 0 Å². The van der Waals surface area contributed by atoms with Gasteiger partial charge in [-0.2, -0.15) is 8.42 Å². The maximum absolute atomic E-state index is 12.0. The number of hydrogen-bond donors (Lipinski definition) is 2. The molecule has 3 unspecified atom stereocenters. The minimum absolute atomic E-state index is 0.0668. The third kappa shape index (κ3) is 5.25. The van der Waals surface area contributed by atoms with Crippen LogP contribution in [0.4, 0.5) is 5.69 Å². The molecule has 0 aromatic heterocycles. The Hall–Kier alpha value is -3.20. The zero-order valence-electron chi connectivity index (χ0n) is 25.9. The molecular formula is C36H43NO6S. The summed E-state index contributed by atoms with van der Waals surface area (Å²) in [6.07, 6.45) is 9.35. The quantitative estimate of drug-likeness (QED) is 0.249. The first-order chi connectivity index (χ1) is 20.8. The van der Waals surface area contributed by atoms with Gasteiger partial charge >= 0.3 is 5.97 Å². The number of aliphatic carboxylic acids is 1. The van der Waals surface area contributed by atoms with Gasteiger partial charge in [0.15, 0.2) is 0 Å². The van der Waals surface area contributed by atoms with Crippen molar-refractivity contribution in [3.63, 3.8) is 0 Å². The maximum atomic E-state index is 12.0. The molecule has 234 valence electrons. The Kier molecular flexibility index (Phi) is 7.92. The highest BCUT2D eigenvalue weighted by atomic mass is 32.2. The first-order valence-electron chi connectivity index (χ1n) is 15.8. The van der Waals surface area contributed by atoms with E-state index >= 15 is 0 Å². The van der Waals surface area contributed by atoms with Gasteiger partial charge in [0, 0.05) is 40.8 Å². The van der Waals surface area contributed by atoms with Gasteiger partial charge in [0.1, 0.15) is 0 Å². The van der Waals surface area contributed by atoms with Crippen LogP contribution in [0.1, 0.15) is 88.8 Å². The van der Waals surface area contributed by atoms with E-state index in [0.29, 0.717) is 6.42 Å². The van der Waals surface area contributed by atoms with Crippen molar-refractivity contribution in [3.8, 4) is 0 Å². The number of carbonyl (C=O) groups is 1. The minimum Gasteiger partial charge on any atom is -0.481 e. The first kappa shape index (κ1) is 30.8. The summed E-state index contributed by atoms with van der Waals surface area (Å²) < 4.78 is 40.8. The number of anilines is 1. The zero-order valence-corrected chi connectivity index (χ0v) is 26.8. The van der Waals surface area contributed by atoms with Crippen molar-refractivity contribution in [2.24, 2.45) is 0 Å². The highest BCUT2D eigenvalue weighted by molar-refractivity contribution is 7.85. The summed E-state index contributed by atoms with van der Waals surface area (Å²) in [6, 6.07) is 13.6. The van der Waals surface area contributed by atoms with E-state index in [4.69, 9.17) is 16.4 Å². The normalized spacial score (nSPS) is 25.9. The van der Waals surface area contributed by atoms with Gasteiger partial charge < -0.3 is 14.7 Å². The van der Waals surface area contributed by atoms with Gasteiger partial charge in [-0.05, 0) is 90.6 Å². The second-order valence-electron chi connectivity index (χ2n) is 13.6. The van der Waals surface area contributed by atoms with Gasteiger partial charge in [-0.3, -0.25) is 9.35 Å². The van der Waals surface area contributed by atoms with E-state index in [2.05, 4.69) is 56.0 Å². The van der Waals surface area contributed by atoms with E-state index in [0.717, 1.165) is 85.2 Å². The van der Waals surface area contributed by atoms with Gasteiger partial charge in [0.2, 0.25) is 0 Å². The van der Waals surface area contributed by atoms with Crippen molar-refractivity contribution >= 4 is 21.8 Å². The average molecular weight is 618 g/mol. The first-order valence-corrected chi connectivity index (χ1v) is 17.3. The molecule has 3 atom stereocenters. The Labute approximate surface area is 261 Å². The number of rotatable bonds is 7. The zero-order chi connectivity index (χ0) is 31.4. The fourth-order valence-electron chi connectivity index (χ4n) is 8.09. The highest BCUT2D eigenvalue weighted by Gasteiger charge is 2.48. The molecule has 0 bridgehead atoms. The Balaban J connectivity index is 1.44. The number of allylic oxidation sites excluding steroid dienone is 1. The lowest BCUT2D eigenvalue weighted by atomic mass is 9.67. The predicted molar refractivity (Wildman–Crippen MR) is 172 cm³/mol. The average Bonchev–Trinajstić information content (AvgIpc) is 3.23. The van der Waals surface area contributed by atoms with Crippen LogP contribution in [0.15, 0.2) is 82.4 Å². The Morgan fingerprint density at radius 1 is 1.05 bits per heavy atom. The summed E-state index contributed by atoms with van der Waals surface area (Å²) in [5, 5.41) is 9.14. The number of nitrogens with zero attached hydrogens (tertiary/aromatic N) is 1. The van der Waals surface area contributed by atoms with Crippen molar-refractivity contribution in [2.45, 2.75) is 106 Å². The van der Waals surface area contributed by atoms with Crippen LogP contribution < -0.4 is 4.90 Å². The van der Waals surface area contributed by atoms with Crippen molar-refractivity contribution < 1.29 is 27.6 Å². The topological polar surface area (TPSA) is 104 Å². The highest BCUT2D eigenvalue weighted by Crippen LogP contribution is 2.54. The standard InChI is InChI=1S/C36H43NO6S/c1-23-26-22-27-32(18-20-37-30-17-16-25(44(40,41)42)21-29(30)35(2,3)34(27)37)43-31(26)14-10-12-24-11-7-8-13-28(24)36(23,4)19-9-5-6-15-33(38)39/h7-8,11,13,16-17,21-22,31-32H,1,5-6,9-10,12,14-15,18-20H2,2-4H3,(H,38,39)(H,40,41,42). The van der Waals surface area contributed by atoms with Gasteiger partial charge in [-0.1, -0.05) is 64.5 Å². The number of fused-ring (bicyclic) bond motifs is 6. The molecule has 7 nitrogen and oxygen atoms in total. The van der Waals surface area contributed by atoms with Crippen LogP contribution >= 0.6 is 0 Å². The van der Waals surface area contributed by atoms with Crippen molar-refractivity contribution in [1.82, 2.24) is 0 Å². The fraction of sp³-hybridized carbons (Fsp3) is 0.472. The molecule has 0 saturated carbocycles. The van der Waals surface area contributed by atoms with Crippen molar-refractivity contribution in [2.75, 3.05) is 11.4 Å². The lowest BCUT2D eigenvalue weighted by Gasteiger charge is -2.44. The van der Waals surface area contributed by atoms with E-state index in [1.54, 1.807) is 6.07 Å². The van der Waals surface area contributed by atoms with Crippen LogP contribution in [0.5, 0.6) is 0 Å². The number of hydrogen-bond acceptors (Lipinski definition) is 5. The summed E-state index contributed by atoms with van der Waals surface area (Å²) in [4.78, 5) is 13.3. The summed E-state index contributed by atoms with van der Waals surface area (Å²) in [6.45, 7) is 12.1. The summed E-state index contributed by atoms with van der Waals surface area (Å²) in [5.41, 5.74) is 8.05. The maximum Gasteiger partial charge on any atom is 0.303 e. The van der Waals surface area contributed by atoms with E-state index in [1.165, 1.54) is 17.2 Å². The number of benzene rings is 2. The fourth-order valence-corrected chi connectivity index (χ4v) is 8.60. The Morgan fingerprint density at radius 3 is 2.57 bits per heavy atom. The molecule has 2 aromatic rings. The van der Waals surface area contributed by atoms with Crippen LogP contribution in [0.2, 0.25) is 0 Å². The molecule has 2 aromatic carbocycles. The number of unbranched alkanes of at least 4 members (excludes halogenated alkanes) is 2. The Bertz CT molecular complexity index is 1690. The molecule has 3 aliphatic heterocycles. The second kappa shape index (κ2) is 11.3. The number of ether oxygens (including phenoxy) is 1. The smallest absolute Gasteiger partial charge is 0.303 e. The molecule has 2 N–H and O–H groups in total. The molecule has 0 saturated heterocycles. The third-order valence-corrected chi connectivity index (χ3v) is 11.3. The monoisotopic (exact) mass is 617 g/mol. The molecular weight excluding hydrogens is 574 g/mol. The molecule has 4 aliphatic rings. The SMILES string of the molecule is C=C1C2=CC3=C4N(CCC3OC2CCCc2ccccc2C1(C)CCCCCC(=O)O)c1ccc(S(=O)(=O)O)cc1C4(C)C. The van der Waals surface area contributed by atoms with Crippen LogP contribution in [0.25, 0.3) is 0 Å². The van der Waals surface area contributed by atoms with Crippen LogP contribution in [0, 0.1) is 0 Å². The molecule has 6 rings (SSSR count). The van der Waals surface area contributed by atoms with E-state index in [9.17, 15) is 17.8 Å². The molecule has 1 aliphatic carbocycles. The molecule has 0 spiro atoms. The van der Waals surface area contributed by atoms with E-state index < -0.39 is 21.5 Å². The molecule has 0 fully saturated rings.